The van der Waals surface area contributed by atoms with Crippen LogP contribution in [0.25, 0.3) is 0 Å². The Bertz CT molecular complexity index is 375. The third-order valence-corrected chi connectivity index (χ3v) is 1.72. The number of Topliss-reactive ketones (excluding diaryl/α,β-unsaturated/α-hetero) is 1. The predicted molar refractivity (Wildman–Crippen MR) is 50.6 cm³/mol. The fraction of sp³-hybridized carbons (Fsp3) is 0.200. The Morgan fingerprint density at radius 1 is 1.33 bits per heavy atom. The van der Waals surface area contributed by atoms with E-state index in [1.165, 1.54) is 19.1 Å². The minimum Gasteiger partial charge on any atom is -0.367 e. The molecular weight excluding hydrogens is 201 g/mol. The van der Waals surface area contributed by atoms with Gasteiger partial charge in [-0.1, -0.05) is 0 Å². The minimum absolute atomic E-state index is 0.137. The maximum absolute atomic E-state index is 12.5. The number of carbonyl (C=O) groups excluding carboxylic acids is 2. The van der Waals surface area contributed by atoms with Crippen molar-refractivity contribution in [2.24, 2.45) is 0 Å². The summed E-state index contributed by atoms with van der Waals surface area (Å²) >= 11 is 0. The van der Waals surface area contributed by atoms with Gasteiger partial charge in [0.15, 0.2) is 6.23 Å². The molecule has 0 aliphatic heterocycles. The normalized spacial score (nSPS) is 11.9. The number of ketones is 1. The van der Waals surface area contributed by atoms with Gasteiger partial charge in [-0.2, -0.15) is 0 Å². The van der Waals surface area contributed by atoms with Crippen molar-refractivity contribution in [3.63, 3.8) is 0 Å². The molecule has 0 spiro atoms. The molecule has 0 aromatic heterocycles. The van der Waals surface area contributed by atoms with E-state index in [1.54, 1.807) is 0 Å². The fourth-order valence-electron chi connectivity index (χ4n) is 1.03. The minimum atomic E-state index is -1.59. The molecule has 5 heteroatoms. The van der Waals surface area contributed by atoms with Crippen LogP contribution >= 0.6 is 0 Å². The first kappa shape index (κ1) is 11.3. The summed E-state index contributed by atoms with van der Waals surface area (Å²) in [5.41, 5.74) is 0.137. The average molecular weight is 211 g/mol. The molecule has 1 rings (SSSR count). The topological polar surface area (TPSA) is 66.4 Å². The Morgan fingerprint density at radius 2 is 1.87 bits per heavy atom. The van der Waals surface area contributed by atoms with Gasteiger partial charge in [-0.25, -0.2) is 4.39 Å². The van der Waals surface area contributed by atoms with Crippen molar-refractivity contribution in [2.45, 2.75) is 13.2 Å². The number of hydrogen-bond acceptors (Lipinski definition) is 3. The van der Waals surface area contributed by atoms with Gasteiger partial charge in [-0.3, -0.25) is 9.59 Å². The summed E-state index contributed by atoms with van der Waals surface area (Å²) in [6.07, 6.45) is -1.59. The third-order valence-electron chi connectivity index (χ3n) is 1.72. The molecule has 1 aromatic carbocycles. The fourth-order valence-corrected chi connectivity index (χ4v) is 1.03. The first-order valence-electron chi connectivity index (χ1n) is 4.25. The van der Waals surface area contributed by atoms with Crippen molar-refractivity contribution >= 4 is 11.7 Å². The first-order chi connectivity index (χ1) is 7.00. The summed E-state index contributed by atoms with van der Waals surface area (Å²) in [5.74, 6) is -1.66. The second-order valence-corrected chi connectivity index (χ2v) is 2.97. The number of hydrogen-bond donors (Lipinski definition) is 2. The zero-order valence-corrected chi connectivity index (χ0v) is 8.03. The van der Waals surface area contributed by atoms with Gasteiger partial charge >= 0.3 is 0 Å². The van der Waals surface area contributed by atoms with E-state index in [2.05, 4.69) is 0 Å². The second kappa shape index (κ2) is 4.65. The maximum atomic E-state index is 12.5. The van der Waals surface area contributed by atoms with Crippen LogP contribution in [0.2, 0.25) is 0 Å². The van der Waals surface area contributed by atoms with Gasteiger partial charge in [0.2, 0.25) is 11.7 Å². The van der Waals surface area contributed by atoms with E-state index in [0.29, 0.717) is 0 Å². The lowest BCUT2D eigenvalue weighted by molar-refractivity contribution is -0.121. The number of nitrogens with one attached hydrogen (secondary N) is 1. The van der Waals surface area contributed by atoms with Crippen molar-refractivity contribution in [1.82, 2.24) is 5.32 Å². The molecule has 4 nitrogen and oxygen atoms in total. The van der Waals surface area contributed by atoms with Crippen molar-refractivity contribution in [3.8, 4) is 0 Å². The van der Waals surface area contributed by atoms with Crippen LogP contribution in [0.1, 0.15) is 17.3 Å². The van der Waals surface area contributed by atoms with E-state index < -0.39 is 23.7 Å². The van der Waals surface area contributed by atoms with E-state index in [9.17, 15) is 19.1 Å². The highest BCUT2D eigenvalue weighted by molar-refractivity contribution is 6.00. The average Bonchev–Trinajstić information content (AvgIpc) is 2.17. The van der Waals surface area contributed by atoms with Crippen molar-refractivity contribution in [3.05, 3.63) is 35.6 Å². The number of halogens is 1. The number of aliphatic hydroxyl groups is 1. The lowest BCUT2D eigenvalue weighted by Crippen LogP contribution is -2.39. The van der Waals surface area contributed by atoms with Crippen LogP contribution in [0.4, 0.5) is 4.39 Å². The van der Waals surface area contributed by atoms with E-state index in [1.807, 2.05) is 5.32 Å². The van der Waals surface area contributed by atoms with Crippen LogP contribution in [0.3, 0.4) is 0 Å². The Kier molecular flexibility index (Phi) is 3.51. The Hall–Kier alpha value is -1.75. The van der Waals surface area contributed by atoms with E-state index in [0.717, 1.165) is 12.1 Å². The van der Waals surface area contributed by atoms with E-state index in [4.69, 9.17) is 0 Å². The van der Waals surface area contributed by atoms with Gasteiger partial charge in [0, 0.05) is 12.5 Å². The Morgan fingerprint density at radius 3 is 2.33 bits per heavy atom. The molecule has 15 heavy (non-hydrogen) atoms. The number of carbonyl (C=O) groups is 2. The molecule has 0 aliphatic carbocycles. The summed E-state index contributed by atoms with van der Waals surface area (Å²) in [6, 6.07) is 4.69. The molecule has 1 atom stereocenters. The van der Waals surface area contributed by atoms with Crippen LogP contribution in [0.15, 0.2) is 24.3 Å². The second-order valence-electron chi connectivity index (χ2n) is 2.97. The lowest BCUT2D eigenvalue weighted by Gasteiger charge is -2.09. The number of aliphatic hydroxyl groups excluding tert-OH is 1. The summed E-state index contributed by atoms with van der Waals surface area (Å²) in [7, 11) is 0. The van der Waals surface area contributed by atoms with Gasteiger partial charge in [-0.15, -0.1) is 0 Å². The highest BCUT2D eigenvalue weighted by atomic mass is 19.1. The third kappa shape index (κ3) is 3.14. The highest BCUT2D eigenvalue weighted by Crippen LogP contribution is 2.05. The number of rotatable bonds is 3. The largest absolute Gasteiger partial charge is 0.367 e. The molecule has 0 saturated carbocycles. The van der Waals surface area contributed by atoms with Crippen molar-refractivity contribution in [2.75, 3.05) is 0 Å². The molecule has 0 bridgehead atoms. The molecule has 0 saturated heterocycles. The number of benzene rings is 1. The molecule has 1 aromatic rings. The standard InChI is InChI=1S/C10H10FNO3/c1-6(13)12-10(15)9(14)7-2-4-8(11)5-3-7/h2-5,10,15H,1H3,(H,12,13)/t10-/m0/s1. The monoisotopic (exact) mass is 211 g/mol. The quantitative estimate of drug-likeness (QED) is 0.564. The molecule has 0 aliphatic rings. The zero-order chi connectivity index (χ0) is 11.4. The number of amides is 1. The van der Waals surface area contributed by atoms with Gasteiger partial charge in [-0.05, 0) is 24.3 Å². The van der Waals surface area contributed by atoms with Gasteiger partial charge in [0.1, 0.15) is 5.82 Å². The van der Waals surface area contributed by atoms with E-state index in [-0.39, 0.29) is 5.56 Å². The summed E-state index contributed by atoms with van der Waals surface area (Å²) in [5, 5.41) is 11.3. The Balaban J connectivity index is 2.76. The molecule has 1 amide bonds. The summed E-state index contributed by atoms with van der Waals surface area (Å²) in [6.45, 7) is 1.18. The summed E-state index contributed by atoms with van der Waals surface area (Å²) < 4.78 is 12.5. The van der Waals surface area contributed by atoms with Gasteiger partial charge in [0.05, 0.1) is 0 Å². The molecule has 80 valence electrons. The molecule has 0 fully saturated rings. The van der Waals surface area contributed by atoms with Gasteiger partial charge in [0.25, 0.3) is 0 Å². The molecule has 0 radical (unpaired) electrons. The molecule has 0 heterocycles. The smallest absolute Gasteiger partial charge is 0.219 e. The SMILES string of the molecule is CC(=O)N[C@@H](O)C(=O)c1ccc(F)cc1. The van der Waals surface area contributed by atoms with Crippen LogP contribution in [-0.4, -0.2) is 23.0 Å². The van der Waals surface area contributed by atoms with Crippen LogP contribution < -0.4 is 5.32 Å². The highest BCUT2D eigenvalue weighted by Gasteiger charge is 2.17. The van der Waals surface area contributed by atoms with Crippen molar-refractivity contribution in [1.29, 1.82) is 0 Å². The van der Waals surface area contributed by atoms with Crippen LogP contribution in [0, 0.1) is 5.82 Å². The van der Waals surface area contributed by atoms with Gasteiger partial charge < -0.3 is 10.4 Å². The van der Waals surface area contributed by atoms with Crippen molar-refractivity contribution < 1.29 is 19.1 Å². The predicted octanol–water partition coefficient (Wildman–Crippen LogP) is 0.463. The molecule has 2 N–H and O–H groups in total. The lowest BCUT2D eigenvalue weighted by atomic mass is 10.1. The first-order valence-corrected chi connectivity index (χ1v) is 4.25. The molecule has 0 unspecified atom stereocenters. The zero-order valence-electron chi connectivity index (χ0n) is 8.03. The maximum Gasteiger partial charge on any atom is 0.219 e. The molecular formula is C10H10FNO3. The van der Waals surface area contributed by atoms with Crippen LogP contribution in [-0.2, 0) is 4.79 Å². The van der Waals surface area contributed by atoms with E-state index >= 15 is 0 Å². The summed E-state index contributed by atoms with van der Waals surface area (Å²) in [4.78, 5) is 22.0. The van der Waals surface area contributed by atoms with Crippen LogP contribution in [0.5, 0.6) is 0 Å². The Labute approximate surface area is 85.7 Å².